The molecule has 240 valence electrons. The van der Waals surface area contributed by atoms with Crippen molar-refractivity contribution in [3.05, 3.63) is 50.1 Å². The standard InChI is InChI=1S/C41H76/c1-5-9-13-16-18-20-22-24-25-27-29-31-33-36-40-41(37-12-8-4,38-34-15-11-7-3)39-35-32-30-28-26-23-21-19-17-14-10-6-2/h5-7,12,37H,1-3,8-11,13-36,38-40H2,4H3. The fraction of sp³-hybridized carbons (Fsp3) is 0.805. The first-order chi connectivity index (χ1) is 20.2. The third kappa shape index (κ3) is 28.8. The second kappa shape index (κ2) is 33.5. The second-order valence-corrected chi connectivity index (χ2v) is 13.1. The molecule has 0 N–H and O–H groups in total. The molecular weight excluding hydrogens is 492 g/mol. The van der Waals surface area contributed by atoms with Gasteiger partial charge in [0, 0.05) is 0 Å². The van der Waals surface area contributed by atoms with E-state index in [2.05, 4.69) is 57.0 Å². The summed E-state index contributed by atoms with van der Waals surface area (Å²) >= 11 is 0. The van der Waals surface area contributed by atoms with Crippen molar-refractivity contribution in [2.75, 3.05) is 0 Å². The van der Waals surface area contributed by atoms with E-state index in [1.54, 1.807) is 0 Å². The molecule has 0 aromatic heterocycles. The average Bonchev–Trinajstić information content (AvgIpc) is 2.99. The van der Waals surface area contributed by atoms with Gasteiger partial charge in [-0.2, -0.15) is 0 Å². The minimum atomic E-state index is 0.453. The lowest BCUT2D eigenvalue weighted by atomic mass is 9.73. The highest BCUT2D eigenvalue weighted by Crippen LogP contribution is 2.39. The minimum absolute atomic E-state index is 0.453. The van der Waals surface area contributed by atoms with E-state index in [1.165, 1.54) is 199 Å². The Labute approximate surface area is 261 Å². The molecule has 0 aliphatic heterocycles. The van der Waals surface area contributed by atoms with Crippen LogP contribution >= 0.6 is 0 Å². The van der Waals surface area contributed by atoms with Gasteiger partial charge < -0.3 is 0 Å². The highest BCUT2D eigenvalue weighted by Gasteiger charge is 2.25. The number of rotatable bonds is 35. The van der Waals surface area contributed by atoms with Crippen molar-refractivity contribution in [1.82, 2.24) is 0 Å². The van der Waals surface area contributed by atoms with Gasteiger partial charge in [-0.3, -0.25) is 0 Å². The second-order valence-electron chi connectivity index (χ2n) is 13.1. The molecule has 0 heteroatoms. The van der Waals surface area contributed by atoms with E-state index in [0.717, 1.165) is 0 Å². The maximum absolute atomic E-state index is 3.96. The fourth-order valence-corrected chi connectivity index (χ4v) is 6.47. The van der Waals surface area contributed by atoms with Crippen molar-refractivity contribution in [2.24, 2.45) is 5.41 Å². The Morgan fingerprint density at radius 2 is 0.610 bits per heavy atom. The van der Waals surface area contributed by atoms with Gasteiger partial charge in [0.15, 0.2) is 0 Å². The van der Waals surface area contributed by atoms with Crippen LogP contribution in [-0.4, -0.2) is 0 Å². The Balaban J connectivity index is 4.24. The zero-order valence-electron chi connectivity index (χ0n) is 28.4. The van der Waals surface area contributed by atoms with Gasteiger partial charge in [-0.25, -0.2) is 0 Å². The third-order valence-corrected chi connectivity index (χ3v) is 9.21. The van der Waals surface area contributed by atoms with Gasteiger partial charge in [-0.15, -0.1) is 19.7 Å². The van der Waals surface area contributed by atoms with Crippen molar-refractivity contribution >= 4 is 0 Å². The summed E-state index contributed by atoms with van der Waals surface area (Å²) < 4.78 is 0. The quantitative estimate of drug-likeness (QED) is 0.0527. The van der Waals surface area contributed by atoms with E-state index in [-0.39, 0.29) is 0 Å². The average molecular weight is 569 g/mol. The molecule has 1 unspecified atom stereocenters. The molecule has 0 amide bonds. The van der Waals surface area contributed by atoms with Gasteiger partial charge in [-0.05, 0) is 69.6 Å². The van der Waals surface area contributed by atoms with E-state index in [4.69, 9.17) is 0 Å². The van der Waals surface area contributed by atoms with Crippen LogP contribution in [0.5, 0.6) is 0 Å². The zero-order valence-corrected chi connectivity index (χ0v) is 28.4. The van der Waals surface area contributed by atoms with Gasteiger partial charge in [0.05, 0.1) is 0 Å². The predicted molar refractivity (Wildman–Crippen MR) is 191 cm³/mol. The smallest absolute Gasteiger partial charge is 0.0118 e. The first-order valence-electron chi connectivity index (χ1n) is 18.7. The Hall–Kier alpha value is -1.04. The van der Waals surface area contributed by atoms with Gasteiger partial charge in [-0.1, -0.05) is 172 Å². The van der Waals surface area contributed by atoms with Crippen LogP contribution in [0.25, 0.3) is 0 Å². The van der Waals surface area contributed by atoms with E-state index in [1.807, 2.05) is 0 Å². The zero-order chi connectivity index (χ0) is 30.0. The molecule has 0 rings (SSSR count). The number of allylic oxidation sites excluding steroid dienone is 5. The summed E-state index contributed by atoms with van der Waals surface area (Å²) in [5.74, 6) is 0. The van der Waals surface area contributed by atoms with Crippen LogP contribution in [0.3, 0.4) is 0 Å². The van der Waals surface area contributed by atoms with Gasteiger partial charge in [0.25, 0.3) is 0 Å². The third-order valence-electron chi connectivity index (χ3n) is 9.21. The Morgan fingerprint density at radius 3 is 0.902 bits per heavy atom. The van der Waals surface area contributed by atoms with Crippen molar-refractivity contribution < 1.29 is 0 Å². The summed E-state index contributed by atoms with van der Waals surface area (Å²) in [7, 11) is 0. The SMILES string of the molecule is C=CCCCCCCCCCCCCCCC(C=CCC)(CCCCC=C)CCCCCCCCCCCCC=C. The summed E-state index contributed by atoms with van der Waals surface area (Å²) in [6.07, 6.45) is 54.4. The molecule has 0 saturated carbocycles. The van der Waals surface area contributed by atoms with Crippen LogP contribution in [-0.2, 0) is 0 Å². The van der Waals surface area contributed by atoms with E-state index in [0.29, 0.717) is 5.41 Å². The molecule has 1 atom stereocenters. The molecule has 0 aliphatic carbocycles. The van der Waals surface area contributed by atoms with Gasteiger partial charge in [0.2, 0.25) is 0 Å². The molecule has 0 aliphatic rings. The molecule has 0 nitrogen and oxygen atoms in total. The number of hydrogen-bond acceptors (Lipinski definition) is 0. The minimum Gasteiger partial charge on any atom is -0.103 e. The monoisotopic (exact) mass is 569 g/mol. The summed E-state index contributed by atoms with van der Waals surface area (Å²) in [6.45, 7) is 13.9. The molecule has 0 saturated heterocycles. The molecule has 0 bridgehead atoms. The molecule has 0 aromatic carbocycles. The highest BCUT2D eigenvalue weighted by molar-refractivity contribution is 4.99. The largest absolute Gasteiger partial charge is 0.103 e. The maximum Gasteiger partial charge on any atom is -0.0118 e. The molecule has 0 spiro atoms. The molecule has 0 radical (unpaired) electrons. The Bertz CT molecular complexity index is 569. The number of unbranched alkanes of at least 4 members (excludes halogenated alkanes) is 24. The van der Waals surface area contributed by atoms with Crippen LogP contribution in [0, 0.1) is 5.41 Å². The maximum atomic E-state index is 3.96. The van der Waals surface area contributed by atoms with Gasteiger partial charge in [0.1, 0.15) is 0 Å². The van der Waals surface area contributed by atoms with Crippen LogP contribution in [0.15, 0.2) is 50.1 Å². The lowest BCUT2D eigenvalue weighted by Crippen LogP contribution is -2.18. The van der Waals surface area contributed by atoms with Crippen LogP contribution in [0.1, 0.15) is 206 Å². The summed E-state index contributed by atoms with van der Waals surface area (Å²) in [6, 6.07) is 0. The van der Waals surface area contributed by atoms with Crippen molar-refractivity contribution in [3.63, 3.8) is 0 Å². The fourth-order valence-electron chi connectivity index (χ4n) is 6.47. The van der Waals surface area contributed by atoms with Crippen molar-refractivity contribution in [3.8, 4) is 0 Å². The van der Waals surface area contributed by atoms with E-state index in [9.17, 15) is 0 Å². The normalized spacial score (nSPS) is 13.0. The summed E-state index contributed by atoms with van der Waals surface area (Å²) in [5.41, 5.74) is 0.453. The lowest BCUT2D eigenvalue weighted by Gasteiger charge is -2.32. The molecular formula is C41H76. The lowest BCUT2D eigenvalue weighted by molar-refractivity contribution is 0.265. The Morgan fingerprint density at radius 1 is 0.366 bits per heavy atom. The Kier molecular flexibility index (Phi) is 32.6. The van der Waals surface area contributed by atoms with Crippen LogP contribution in [0.2, 0.25) is 0 Å². The highest BCUT2D eigenvalue weighted by atomic mass is 14.3. The molecule has 0 heterocycles. The van der Waals surface area contributed by atoms with Gasteiger partial charge >= 0.3 is 0 Å². The first-order valence-corrected chi connectivity index (χ1v) is 18.7. The topological polar surface area (TPSA) is 0 Å². The van der Waals surface area contributed by atoms with Crippen molar-refractivity contribution in [1.29, 1.82) is 0 Å². The van der Waals surface area contributed by atoms with E-state index < -0.39 is 0 Å². The first kappa shape index (κ1) is 40.0. The molecule has 41 heavy (non-hydrogen) atoms. The summed E-state index contributed by atoms with van der Waals surface area (Å²) in [4.78, 5) is 0. The molecule has 0 fully saturated rings. The summed E-state index contributed by atoms with van der Waals surface area (Å²) in [5, 5.41) is 0. The molecule has 0 aromatic rings. The van der Waals surface area contributed by atoms with E-state index >= 15 is 0 Å². The van der Waals surface area contributed by atoms with Crippen molar-refractivity contribution in [2.45, 2.75) is 206 Å². The van der Waals surface area contributed by atoms with Crippen LogP contribution in [0.4, 0.5) is 0 Å². The van der Waals surface area contributed by atoms with Crippen LogP contribution < -0.4 is 0 Å². The number of hydrogen-bond donors (Lipinski definition) is 0. The predicted octanol–water partition coefficient (Wildman–Crippen LogP) is 15.2.